The number of ether oxygens (including phenoxy) is 1. The minimum absolute atomic E-state index is 0.111. The lowest BCUT2D eigenvalue weighted by molar-refractivity contribution is -0.257. The number of nitrogens with one attached hydrogen (secondary N) is 1. The molecule has 8 heteroatoms. The van der Waals surface area contributed by atoms with Crippen molar-refractivity contribution in [3.05, 3.63) is 59.7 Å². The molecule has 0 spiro atoms. The SMILES string of the molecule is CC1O[C@@H]2C[C@@](O)([C@H]1O)n1c3ccccc3c3c4c(c5c6ccccc6n2c5c31)C(=O)NC4=O. The van der Waals surface area contributed by atoms with Crippen LogP contribution in [0.4, 0.5) is 0 Å². The molecule has 34 heavy (non-hydrogen) atoms. The summed E-state index contributed by atoms with van der Waals surface area (Å²) in [5.74, 6) is -0.882. The number of hydrogen-bond donors (Lipinski definition) is 3. The number of carbonyl (C=O) groups is 2. The molecule has 4 atom stereocenters. The summed E-state index contributed by atoms with van der Waals surface area (Å²) in [6.45, 7) is 1.75. The van der Waals surface area contributed by atoms with Crippen molar-refractivity contribution in [1.82, 2.24) is 14.5 Å². The molecule has 3 N–H and O–H groups in total. The van der Waals surface area contributed by atoms with Gasteiger partial charge in [0.15, 0.2) is 5.72 Å². The average Bonchev–Trinajstić information content (AvgIpc) is 3.42. The fraction of sp³-hybridized carbons (Fsp3) is 0.231. The Hall–Kier alpha value is -3.72. The van der Waals surface area contributed by atoms with Crippen molar-refractivity contribution < 1.29 is 24.5 Å². The van der Waals surface area contributed by atoms with Crippen LogP contribution in [0.2, 0.25) is 0 Å². The van der Waals surface area contributed by atoms with Crippen molar-refractivity contribution in [2.75, 3.05) is 0 Å². The standard InChI is InChI=1S/C26H19N3O5/c1-11-23(30)26(33)10-16(34-11)28-14-8-4-2-6-12(14)17-19-20(25(32)27-24(19)31)18-13-7-3-5-9-15(13)29(26)22(18)21(17)28/h2-9,11,16,23,30,33H,10H2,1H3,(H,27,31,32)/t11?,16-,23+,26-/m1/s1. The zero-order valence-electron chi connectivity index (χ0n) is 18.1. The van der Waals surface area contributed by atoms with Crippen LogP contribution < -0.4 is 5.32 Å². The molecular formula is C26H19N3O5. The highest BCUT2D eigenvalue weighted by Gasteiger charge is 2.53. The Balaban J connectivity index is 1.79. The first-order valence-corrected chi connectivity index (χ1v) is 11.4. The van der Waals surface area contributed by atoms with Gasteiger partial charge >= 0.3 is 0 Å². The molecule has 2 aromatic heterocycles. The Labute approximate surface area is 191 Å². The van der Waals surface area contributed by atoms with Gasteiger partial charge in [0, 0.05) is 28.0 Å². The van der Waals surface area contributed by atoms with E-state index in [-0.39, 0.29) is 6.42 Å². The number of aliphatic hydroxyl groups is 2. The monoisotopic (exact) mass is 453 g/mol. The van der Waals surface area contributed by atoms with Crippen molar-refractivity contribution in [2.24, 2.45) is 0 Å². The minimum atomic E-state index is -1.68. The fourth-order valence-electron chi connectivity index (χ4n) is 6.60. The van der Waals surface area contributed by atoms with Gasteiger partial charge in [-0.1, -0.05) is 36.4 Å². The maximum atomic E-state index is 13.2. The van der Waals surface area contributed by atoms with Gasteiger partial charge in [-0.25, -0.2) is 0 Å². The number of nitrogens with zero attached hydrogens (tertiary/aromatic N) is 2. The average molecular weight is 453 g/mol. The number of benzene rings is 3. The third-order valence-electron chi connectivity index (χ3n) is 7.88. The number of rotatable bonds is 0. The van der Waals surface area contributed by atoms with Crippen LogP contribution in [0, 0.1) is 0 Å². The zero-order valence-corrected chi connectivity index (χ0v) is 18.1. The van der Waals surface area contributed by atoms with Gasteiger partial charge in [-0.05, 0) is 19.1 Å². The van der Waals surface area contributed by atoms with E-state index < -0.39 is 36.0 Å². The van der Waals surface area contributed by atoms with Crippen molar-refractivity contribution in [2.45, 2.75) is 37.5 Å². The van der Waals surface area contributed by atoms with E-state index in [0.29, 0.717) is 32.9 Å². The molecule has 5 aromatic rings. The Bertz CT molecular complexity index is 1800. The van der Waals surface area contributed by atoms with E-state index in [0.717, 1.165) is 21.8 Å². The van der Waals surface area contributed by atoms with Crippen LogP contribution in [-0.4, -0.2) is 43.4 Å². The van der Waals surface area contributed by atoms with Gasteiger partial charge in [0.05, 0.1) is 39.3 Å². The lowest BCUT2D eigenvalue weighted by Gasteiger charge is -2.44. The molecular weight excluding hydrogens is 434 g/mol. The van der Waals surface area contributed by atoms with Crippen LogP contribution in [0.1, 0.15) is 40.3 Å². The van der Waals surface area contributed by atoms with Gasteiger partial charge in [0.1, 0.15) is 12.3 Å². The smallest absolute Gasteiger partial charge is 0.259 e. The Morgan fingerprint density at radius 3 is 2.24 bits per heavy atom. The van der Waals surface area contributed by atoms with E-state index in [1.807, 2.05) is 53.1 Å². The number of amides is 2. The van der Waals surface area contributed by atoms with Gasteiger partial charge in [-0.15, -0.1) is 0 Å². The molecule has 1 saturated heterocycles. The molecule has 1 unspecified atom stereocenters. The fourth-order valence-corrected chi connectivity index (χ4v) is 6.60. The number of para-hydroxylation sites is 2. The van der Waals surface area contributed by atoms with Crippen LogP contribution in [0.3, 0.4) is 0 Å². The largest absolute Gasteiger partial charge is 0.385 e. The number of aliphatic hydroxyl groups excluding tert-OH is 1. The van der Waals surface area contributed by atoms with Crippen LogP contribution >= 0.6 is 0 Å². The third kappa shape index (κ3) is 1.83. The summed E-state index contributed by atoms with van der Waals surface area (Å²) in [6, 6.07) is 15.2. The van der Waals surface area contributed by atoms with Crippen LogP contribution in [0.25, 0.3) is 43.6 Å². The van der Waals surface area contributed by atoms with Crippen molar-refractivity contribution in [1.29, 1.82) is 0 Å². The Morgan fingerprint density at radius 2 is 1.53 bits per heavy atom. The van der Waals surface area contributed by atoms with E-state index >= 15 is 0 Å². The first-order chi connectivity index (χ1) is 16.4. The molecule has 0 saturated carbocycles. The first kappa shape index (κ1) is 18.7. The van der Waals surface area contributed by atoms with Gasteiger partial charge in [0.2, 0.25) is 0 Å². The predicted molar refractivity (Wildman–Crippen MR) is 125 cm³/mol. The van der Waals surface area contributed by atoms with Crippen LogP contribution in [0.5, 0.6) is 0 Å². The van der Waals surface area contributed by atoms with Crippen molar-refractivity contribution in [3.63, 3.8) is 0 Å². The van der Waals surface area contributed by atoms with E-state index in [2.05, 4.69) is 5.32 Å². The summed E-state index contributed by atoms with van der Waals surface area (Å²) in [5.41, 5.74) is 1.86. The molecule has 5 heterocycles. The summed E-state index contributed by atoms with van der Waals surface area (Å²) in [5, 5.41) is 28.7. The maximum Gasteiger partial charge on any atom is 0.259 e. The predicted octanol–water partition coefficient (Wildman–Crippen LogP) is 3.11. The molecule has 2 bridgehead atoms. The third-order valence-corrected chi connectivity index (χ3v) is 7.88. The normalized spacial score (nSPS) is 27.8. The second kappa shape index (κ2) is 5.67. The molecule has 1 fully saturated rings. The highest BCUT2D eigenvalue weighted by Crippen LogP contribution is 2.53. The molecule has 3 aliphatic rings. The number of carbonyl (C=O) groups excluding carboxylic acids is 2. The second-order valence-electron chi connectivity index (χ2n) is 9.54. The molecule has 2 amide bonds. The molecule has 0 radical (unpaired) electrons. The Morgan fingerprint density at radius 1 is 0.941 bits per heavy atom. The molecule has 3 aliphatic heterocycles. The van der Waals surface area contributed by atoms with Crippen molar-refractivity contribution in [3.8, 4) is 0 Å². The zero-order chi connectivity index (χ0) is 23.1. The minimum Gasteiger partial charge on any atom is -0.385 e. The molecule has 168 valence electrons. The summed E-state index contributed by atoms with van der Waals surface area (Å²) >= 11 is 0. The lowest BCUT2D eigenvalue weighted by Crippen LogP contribution is -2.55. The summed E-state index contributed by atoms with van der Waals surface area (Å²) < 4.78 is 10.1. The Kier molecular flexibility index (Phi) is 3.11. The van der Waals surface area contributed by atoms with Gasteiger partial charge < -0.3 is 24.1 Å². The lowest BCUT2D eigenvalue weighted by atomic mass is 9.93. The quantitative estimate of drug-likeness (QED) is 0.313. The highest BCUT2D eigenvalue weighted by atomic mass is 16.5. The number of fused-ring (bicyclic) bond motifs is 13. The van der Waals surface area contributed by atoms with Crippen LogP contribution in [-0.2, 0) is 10.5 Å². The van der Waals surface area contributed by atoms with Crippen molar-refractivity contribution >= 4 is 55.4 Å². The second-order valence-corrected chi connectivity index (χ2v) is 9.54. The topological polar surface area (TPSA) is 106 Å². The summed E-state index contributed by atoms with van der Waals surface area (Å²) in [4.78, 5) is 26.3. The molecule has 3 aromatic carbocycles. The number of hydrogen-bond acceptors (Lipinski definition) is 5. The summed E-state index contributed by atoms with van der Waals surface area (Å²) in [6.07, 6.45) is -2.31. The molecule has 8 nitrogen and oxygen atoms in total. The number of imide groups is 1. The van der Waals surface area contributed by atoms with E-state index in [9.17, 15) is 19.8 Å². The maximum absolute atomic E-state index is 13.2. The van der Waals surface area contributed by atoms with Gasteiger partial charge in [-0.3, -0.25) is 14.9 Å². The van der Waals surface area contributed by atoms with Gasteiger partial charge in [0.25, 0.3) is 11.8 Å². The summed E-state index contributed by atoms with van der Waals surface area (Å²) in [7, 11) is 0. The number of aromatic nitrogens is 2. The van der Waals surface area contributed by atoms with E-state index in [4.69, 9.17) is 4.74 Å². The molecule has 8 rings (SSSR count). The first-order valence-electron chi connectivity index (χ1n) is 11.4. The molecule has 0 aliphatic carbocycles. The van der Waals surface area contributed by atoms with E-state index in [1.165, 1.54) is 0 Å². The van der Waals surface area contributed by atoms with E-state index in [1.54, 1.807) is 11.5 Å². The van der Waals surface area contributed by atoms with Crippen LogP contribution in [0.15, 0.2) is 48.5 Å². The highest BCUT2D eigenvalue weighted by molar-refractivity contribution is 6.39. The van der Waals surface area contributed by atoms with Gasteiger partial charge in [-0.2, -0.15) is 0 Å².